The Labute approximate surface area is 212 Å². The lowest BCUT2D eigenvalue weighted by Gasteiger charge is -2.44. The molecule has 36 heavy (non-hydrogen) atoms. The first-order valence-corrected chi connectivity index (χ1v) is 11.7. The minimum Gasteiger partial charge on any atom is -0.481 e. The molecule has 0 amide bonds. The molecule has 2 aliphatic rings. The molecule has 0 saturated carbocycles. The number of allylic oxidation sites excluding steroid dienone is 4. The molecule has 0 bridgehead atoms. The van der Waals surface area contributed by atoms with E-state index in [1.54, 1.807) is 12.2 Å². The first kappa shape index (κ1) is 30.4. The molecule has 2 N–H and O–H groups in total. The van der Waals surface area contributed by atoms with Gasteiger partial charge in [0.2, 0.25) is 0 Å². The Morgan fingerprint density at radius 1 is 0.750 bits per heavy atom. The third-order valence-corrected chi connectivity index (χ3v) is 6.48. The second kappa shape index (κ2) is 14.0. The van der Waals surface area contributed by atoms with Gasteiger partial charge in [-0.1, -0.05) is 61.8 Å². The van der Waals surface area contributed by atoms with Crippen molar-refractivity contribution in [2.24, 2.45) is 16.2 Å². The summed E-state index contributed by atoms with van der Waals surface area (Å²) in [6.07, 6.45) is 15.6. The standard InChI is InChI=1S/2C14H18O4/c1-3-10-17-12(15)14(8-6-5-7-9-14)13(16)18-11-4-2;1-3-7-13(11(15)16)9-5-6-10-14(13,8-4-2)12(17)18/h3-4,6,8H,1-2,5,7,9-11H2;3-5,9H,1-2,6-8,10H2,(H,15,16)(H,17,18). The molecule has 8 nitrogen and oxygen atoms in total. The molecule has 0 aromatic carbocycles. The Kier molecular flexibility index (Phi) is 11.8. The third kappa shape index (κ3) is 6.30. The summed E-state index contributed by atoms with van der Waals surface area (Å²) in [7, 11) is 0. The van der Waals surface area contributed by atoms with Crippen LogP contribution in [0, 0.1) is 16.2 Å². The van der Waals surface area contributed by atoms with Crippen molar-refractivity contribution in [3.8, 4) is 0 Å². The maximum Gasteiger partial charge on any atom is 0.327 e. The number of carbonyl (C=O) groups excluding carboxylic acids is 2. The van der Waals surface area contributed by atoms with Crippen LogP contribution in [-0.4, -0.2) is 47.3 Å². The number of aliphatic carboxylic acids is 2. The Bertz CT molecular complexity index is 904. The van der Waals surface area contributed by atoms with Crippen LogP contribution in [0.1, 0.15) is 44.9 Å². The van der Waals surface area contributed by atoms with Crippen LogP contribution in [0.2, 0.25) is 0 Å². The molecule has 8 heteroatoms. The van der Waals surface area contributed by atoms with Gasteiger partial charge in [0.15, 0.2) is 5.41 Å². The maximum absolute atomic E-state index is 12.0. The molecule has 0 saturated heterocycles. The Morgan fingerprint density at radius 3 is 1.72 bits per heavy atom. The van der Waals surface area contributed by atoms with E-state index in [-0.39, 0.29) is 26.1 Å². The average molecular weight is 501 g/mol. The van der Waals surface area contributed by atoms with Crippen molar-refractivity contribution in [3.05, 3.63) is 74.9 Å². The summed E-state index contributed by atoms with van der Waals surface area (Å²) in [6.45, 7) is 14.2. The zero-order chi connectivity index (χ0) is 27.2. The summed E-state index contributed by atoms with van der Waals surface area (Å²) < 4.78 is 10.0. The number of hydrogen-bond acceptors (Lipinski definition) is 6. The van der Waals surface area contributed by atoms with Gasteiger partial charge >= 0.3 is 23.9 Å². The van der Waals surface area contributed by atoms with E-state index in [0.29, 0.717) is 19.3 Å². The molecule has 0 heterocycles. The van der Waals surface area contributed by atoms with Crippen LogP contribution in [0.4, 0.5) is 0 Å². The highest BCUT2D eigenvalue weighted by Gasteiger charge is 2.59. The fourth-order valence-corrected chi connectivity index (χ4v) is 4.58. The number of ether oxygens (including phenoxy) is 2. The van der Waals surface area contributed by atoms with Gasteiger partial charge in [0, 0.05) is 0 Å². The van der Waals surface area contributed by atoms with Crippen molar-refractivity contribution in [2.45, 2.75) is 44.9 Å². The number of carboxylic acid groups (broad SMARTS) is 2. The largest absolute Gasteiger partial charge is 0.481 e. The van der Waals surface area contributed by atoms with E-state index in [1.165, 1.54) is 30.4 Å². The molecule has 196 valence electrons. The lowest BCUT2D eigenvalue weighted by atomic mass is 9.55. The quantitative estimate of drug-likeness (QED) is 0.222. The molecule has 0 fully saturated rings. The smallest absolute Gasteiger partial charge is 0.327 e. The minimum atomic E-state index is -1.44. The fourth-order valence-electron chi connectivity index (χ4n) is 4.58. The van der Waals surface area contributed by atoms with Gasteiger partial charge in [-0.3, -0.25) is 19.2 Å². The van der Waals surface area contributed by atoms with E-state index in [0.717, 1.165) is 12.8 Å². The zero-order valence-corrected chi connectivity index (χ0v) is 20.7. The van der Waals surface area contributed by atoms with Gasteiger partial charge in [0.25, 0.3) is 0 Å². The summed E-state index contributed by atoms with van der Waals surface area (Å²) in [5, 5.41) is 19.1. The fraction of sp³-hybridized carbons (Fsp3) is 0.429. The SMILES string of the molecule is C=CCC1(C(=O)O)C=CCCC1(CC=C)C(=O)O.C=CCOC(=O)C1(C(=O)OCC=C)C=CCCC1. The third-order valence-electron chi connectivity index (χ3n) is 6.48. The van der Waals surface area contributed by atoms with Crippen molar-refractivity contribution in [1.82, 2.24) is 0 Å². The van der Waals surface area contributed by atoms with Gasteiger partial charge < -0.3 is 19.7 Å². The highest BCUT2D eigenvalue weighted by molar-refractivity contribution is 6.02. The van der Waals surface area contributed by atoms with Gasteiger partial charge in [-0.25, -0.2) is 0 Å². The number of rotatable bonds is 12. The molecule has 2 unspecified atom stereocenters. The monoisotopic (exact) mass is 500 g/mol. The predicted octanol–water partition coefficient (Wildman–Crippen LogP) is 4.80. The average Bonchev–Trinajstić information content (AvgIpc) is 2.87. The van der Waals surface area contributed by atoms with E-state index in [4.69, 9.17) is 9.47 Å². The van der Waals surface area contributed by atoms with Crippen LogP contribution >= 0.6 is 0 Å². The predicted molar refractivity (Wildman–Crippen MR) is 136 cm³/mol. The second-order valence-corrected chi connectivity index (χ2v) is 8.63. The summed E-state index contributed by atoms with van der Waals surface area (Å²) in [5.74, 6) is -3.36. The van der Waals surface area contributed by atoms with E-state index in [2.05, 4.69) is 26.3 Å². The summed E-state index contributed by atoms with van der Waals surface area (Å²) in [6, 6.07) is 0. The van der Waals surface area contributed by atoms with Crippen LogP contribution in [0.5, 0.6) is 0 Å². The van der Waals surface area contributed by atoms with Gasteiger partial charge in [0.1, 0.15) is 18.6 Å². The van der Waals surface area contributed by atoms with E-state index in [9.17, 15) is 29.4 Å². The van der Waals surface area contributed by atoms with Crippen LogP contribution < -0.4 is 0 Å². The molecular formula is C28H36O8. The first-order chi connectivity index (χ1) is 17.1. The van der Waals surface area contributed by atoms with Crippen LogP contribution in [0.15, 0.2) is 74.9 Å². The van der Waals surface area contributed by atoms with Gasteiger partial charge in [0.05, 0.1) is 5.41 Å². The molecule has 0 aromatic rings. The Balaban J connectivity index is 0.000000360. The Hall–Kier alpha value is -3.68. The molecular weight excluding hydrogens is 464 g/mol. The van der Waals surface area contributed by atoms with Crippen molar-refractivity contribution in [1.29, 1.82) is 0 Å². The number of esters is 2. The van der Waals surface area contributed by atoms with Gasteiger partial charge in [-0.05, 0) is 44.9 Å². The van der Waals surface area contributed by atoms with E-state index < -0.39 is 40.1 Å². The minimum absolute atomic E-state index is 0.0865. The topological polar surface area (TPSA) is 127 Å². The highest BCUT2D eigenvalue weighted by Crippen LogP contribution is 2.53. The number of hydrogen-bond donors (Lipinski definition) is 2. The van der Waals surface area contributed by atoms with Crippen molar-refractivity contribution < 1.29 is 38.9 Å². The molecule has 2 rings (SSSR count). The highest BCUT2D eigenvalue weighted by atomic mass is 16.6. The normalized spacial score (nSPS) is 23.7. The molecule has 0 aromatic heterocycles. The number of carboxylic acids is 2. The molecule has 2 atom stereocenters. The molecule has 2 aliphatic carbocycles. The van der Waals surface area contributed by atoms with Crippen molar-refractivity contribution in [2.75, 3.05) is 13.2 Å². The molecule has 0 radical (unpaired) electrons. The van der Waals surface area contributed by atoms with Gasteiger partial charge in [-0.15, -0.1) is 13.2 Å². The maximum atomic E-state index is 12.0. The second-order valence-electron chi connectivity index (χ2n) is 8.63. The lowest BCUT2D eigenvalue weighted by molar-refractivity contribution is -0.171. The van der Waals surface area contributed by atoms with E-state index in [1.807, 2.05) is 6.08 Å². The van der Waals surface area contributed by atoms with Crippen LogP contribution in [0.25, 0.3) is 0 Å². The van der Waals surface area contributed by atoms with Crippen molar-refractivity contribution >= 4 is 23.9 Å². The molecule has 0 spiro atoms. The van der Waals surface area contributed by atoms with Crippen LogP contribution in [-0.2, 0) is 28.7 Å². The summed E-state index contributed by atoms with van der Waals surface area (Å²) in [4.78, 5) is 47.4. The summed E-state index contributed by atoms with van der Waals surface area (Å²) in [5.41, 5.74) is -4.08. The van der Waals surface area contributed by atoms with Crippen molar-refractivity contribution in [3.63, 3.8) is 0 Å². The zero-order valence-electron chi connectivity index (χ0n) is 20.7. The molecule has 0 aliphatic heterocycles. The first-order valence-electron chi connectivity index (χ1n) is 11.7. The number of carbonyl (C=O) groups is 4. The van der Waals surface area contributed by atoms with Gasteiger partial charge in [-0.2, -0.15) is 0 Å². The van der Waals surface area contributed by atoms with Crippen LogP contribution in [0.3, 0.4) is 0 Å². The lowest BCUT2D eigenvalue weighted by Crippen LogP contribution is -2.52. The van der Waals surface area contributed by atoms with E-state index >= 15 is 0 Å². The summed E-state index contributed by atoms with van der Waals surface area (Å²) >= 11 is 0. The Morgan fingerprint density at radius 2 is 1.31 bits per heavy atom.